The molecule has 1 aliphatic heterocycles. The van der Waals surface area contributed by atoms with Crippen molar-refractivity contribution in [2.45, 2.75) is 32.2 Å². The van der Waals surface area contributed by atoms with Crippen molar-refractivity contribution in [3.8, 4) is 5.75 Å². The molecular formula is C15H17Cl2NO2. The van der Waals surface area contributed by atoms with E-state index in [1.54, 1.807) is 17.0 Å². The van der Waals surface area contributed by atoms with Crippen LogP contribution in [0.15, 0.2) is 24.3 Å². The van der Waals surface area contributed by atoms with Gasteiger partial charge in [-0.1, -0.05) is 36.2 Å². The molecule has 1 N–H and O–H groups in total. The van der Waals surface area contributed by atoms with Gasteiger partial charge >= 0.3 is 0 Å². The molecule has 1 heterocycles. The number of nitrogens with zero attached hydrogens (tertiary/aromatic N) is 1. The number of phenols is 1. The molecule has 1 aromatic rings. The fourth-order valence-electron chi connectivity index (χ4n) is 2.49. The summed E-state index contributed by atoms with van der Waals surface area (Å²) in [5.74, 6) is 0.00638. The summed E-state index contributed by atoms with van der Waals surface area (Å²) in [6.45, 7) is 4.43. The fourth-order valence-corrected chi connectivity index (χ4v) is 3.00. The minimum absolute atomic E-state index is 0.00626. The van der Waals surface area contributed by atoms with Crippen LogP contribution in [-0.2, 0) is 4.79 Å². The maximum Gasteiger partial charge on any atom is 0.246 e. The van der Waals surface area contributed by atoms with Gasteiger partial charge in [-0.2, -0.15) is 0 Å². The first-order chi connectivity index (χ1) is 9.41. The standard InChI is InChI=1S/C15H17Cl2NO2/c1-9(8-18-10(2)4-3-5-13(18)20)14-12(19)7-6-11(16)15(14)17/h3,5-7,9-10,19H,4,8H2,1-2H3/t9-,10-/m0/s1. The van der Waals surface area contributed by atoms with Crippen LogP contribution in [0, 0.1) is 0 Å². The molecule has 5 heteroatoms. The van der Waals surface area contributed by atoms with E-state index in [0.717, 1.165) is 6.42 Å². The Morgan fingerprint density at radius 3 is 2.80 bits per heavy atom. The lowest BCUT2D eigenvalue weighted by Gasteiger charge is -2.33. The SMILES string of the molecule is C[C@@H](CN1C(=O)C=CC[C@@H]1C)c1c(O)ccc(Cl)c1Cl. The zero-order valence-corrected chi connectivity index (χ0v) is 12.9. The summed E-state index contributed by atoms with van der Waals surface area (Å²) < 4.78 is 0. The Morgan fingerprint density at radius 2 is 2.15 bits per heavy atom. The third-order valence-electron chi connectivity index (χ3n) is 3.63. The molecule has 0 radical (unpaired) electrons. The van der Waals surface area contributed by atoms with Crippen molar-refractivity contribution in [1.29, 1.82) is 0 Å². The van der Waals surface area contributed by atoms with Crippen molar-refractivity contribution in [2.75, 3.05) is 6.54 Å². The zero-order valence-electron chi connectivity index (χ0n) is 11.4. The number of halogens is 2. The topological polar surface area (TPSA) is 40.5 Å². The number of hydrogen-bond acceptors (Lipinski definition) is 2. The first-order valence-corrected chi connectivity index (χ1v) is 7.31. The normalized spacial score (nSPS) is 20.3. The molecule has 1 aliphatic rings. The second kappa shape index (κ2) is 6.06. The molecule has 0 aromatic heterocycles. The van der Waals surface area contributed by atoms with Crippen molar-refractivity contribution < 1.29 is 9.90 Å². The maximum atomic E-state index is 11.9. The van der Waals surface area contributed by atoms with Crippen LogP contribution in [-0.4, -0.2) is 28.5 Å². The number of amides is 1. The predicted octanol–water partition coefficient (Wildman–Crippen LogP) is 3.98. The van der Waals surface area contributed by atoms with Gasteiger partial charge in [0.1, 0.15) is 5.75 Å². The first-order valence-electron chi connectivity index (χ1n) is 6.55. The first kappa shape index (κ1) is 15.2. The molecule has 0 bridgehead atoms. The summed E-state index contributed by atoms with van der Waals surface area (Å²) in [5.41, 5.74) is 0.591. The molecule has 108 valence electrons. The van der Waals surface area contributed by atoms with Gasteiger partial charge in [-0.3, -0.25) is 4.79 Å². The van der Waals surface area contributed by atoms with Crippen LogP contribution in [0.4, 0.5) is 0 Å². The van der Waals surface area contributed by atoms with Gasteiger partial charge in [0, 0.05) is 24.1 Å². The molecule has 0 saturated heterocycles. The van der Waals surface area contributed by atoms with Gasteiger partial charge in [0.05, 0.1) is 10.0 Å². The zero-order chi connectivity index (χ0) is 14.9. The van der Waals surface area contributed by atoms with Crippen LogP contribution in [0.3, 0.4) is 0 Å². The Labute approximate surface area is 128 Å². The third-order valence-corrected chi connectivity index (χ3v) is 4.44. The Bertz CT molecular complexity index is 557. The number of carbonyl (C=O) groups excluding carboxylic acids is 1. The van der Waals surface area contributed by atoms with E-state index in [-0.39, 0.29) is 23.6 Å². The van der Waals surface area contributed by atoms with Crippen LogP contribution >= 0.6 is 23.2 Å². The summed E-state index contributed by atoms with van der Waals surface area (Å²) >= 11 is 12.2. The van der Waals surface area contributed by atoms with E-state index in [4.69, 9.17) is 23.2 Å². The van der Waals surface area contributed by atoms with Gasteiger partial charge in [-0.05, 0) is 31.6 Å². The second-order valence-electron chi connectivity index (χ2n) is 5.17. The van der Waals surface area contributed by atoms with Crippen LogP contribution in [0.2, 0.25) is 10.0 Å². The van der Waals surface area contributed by atoms with E-state index in [2.05, 4.69) is 0 Å². The molecule has 0 fully saturated rings. The van der Waals surface area contributed by atoms with E-state index >= 15 is 0 Å². The van der Waals surface area contributed by atoms with Gasteiger partial charge in [0.25, 0.3) is 0 Å². The summed E-state index contributed by atoms with van der Waals surface area (Å²) in [6, 6.07) is 3.24. The molecule has 1 amide bonds. The average molecular weight is 314 g/mol. The smallest absolute Gasteiger partial charge is 0.246 e. The van der Waals surface area contributed by atoms with Gasteiger partial charge in [0.2, 0.25) is 5.91 Å². The number of hydrogen-bond donors (Lipinski definition) is 1. The Morgan fingerprint density at radius 1 is 1.45 bits per heavy atom. The molecule has 2 atom stereocenters. The van der Waals surface area contributed by atoms with Crippen molar-refractivity contribution in [2.24, 2.45) is 0 Å². The fraction of sp³-hybridized carbons (Fsp3) is 0.400. The van der Waals surface area contributed by atoms with Crippen LogP contribution in [0.5, 0.6) is 5.75 Å². The van der Waals surface area contributed by atoms with E-state index in [1.807, 2.05) is 19.9 Å². The third kappa shape index (κ3) is 2.94. The van der Waals surface area contributed by atoms with Crippen molar-refractivity contribution in [3.63, 3.8) is 0 Å². The summed E-state index contributed by atoms with van der Waals surface area (Å²) in [5, 5.41) is 10.7. The van der Waals surface area contributed by atoms with E-state index < -0.39 is 0 Å². The van der Waals surface area contributed by atoms with Gasteiger partial charge in [-0.15, -0.1) is 0 Å². The molecule has 0 unspecified atom stereocenters. The quantitative estimate of drug-likeness (QED) is 0.917. The second-order valence-corrected chi connectivity index (χ2v) is 5.96. The van der Waals surface area contributed by atoms with Crippen LogP contribution in [0.25, 0.3) is 0 Å². The molecule has 3 nitrogen and oxygen atoms in total. The van der Waals surface area contributed by atoms with E-state index in [1.165, 1.54) is 6.07 Å². The van der Waals surface area contributed by atoms with E-state index in [9.17, 15) is 9.90 Å². The van der Waals surface area contributed by atoms with Crippen LogP contribution in [0.1, 0.15) is 31.7 Å². The highest BCUT2D eigenvalue weighted by molar-refractivity contribution is 6.42. The lowest BCUT2D eigenvalue weighted by molar-refractivity contribution is -0.128. The lowest BCUT2D eigenvalue weighted by Crippen LogP contribution is -2.41. The van der Waals surface area contributed by atoms with E-state index in [0.29, 0.717) is 22.2 Å². The van der Waals surface area contributed by atoms with Crippen LogP contribution < -0.4 is 0 Å². The summed E-state index contributed by atoms with van der Waals surface area (Å²) in [7, 11) is 0. The molecular weight excluding hydrogens is 297 g/mol. The molecule has 0 spiro atoms. The van der Waals surface area contributed by atoms with Gasteiger partial charge in [0.15, 0.2) is 0 Å². The number of benzene rings is 1. The molecule has 2 rings (SSSR count). The highest BCUT2D eigenvalue weighted by Gasteiger charge is 2.25. The lowest BCUT2D eigenvalue weighted by atomic mass is 9.97. The van der Waals surface area contributed by atoms with Gasteiger partial charge < -0.3 is 10.0 Å². The number of phenolic OH excluding ortho intramolecular Hbond substituents is 1. The van der Waals surface area contributed by atoms with Crippen molar-refractivity contribution in [3.05, 3.63) is 39.9 Å². The Hall–Kier alpha value is -1.19. The number of aromatic hydroxyl groups is 1. The Kier molecular flexibility index (Phi) is 4.61. The highest BCUT2D eigenvalue weighted by atomic mass is 35.5. The molecule has 20 heavy (non-hydrogen) atoms. The highest BCUT2D eigenvalue weighted by Crippen LogP contribution is 2.38. The summed E-state index contributed by atoms with van der Waals surface area (Å²) in [4.78, 5) is 13.7. The minimum atomic E-state index is -0.0981. The molecule has 0 saturated carbocycles. The summed E-state index contributed by atoms with van der Waals surface area (Å²) in [6.07, 6.45) is 4.32. The van der Waals surface area contributed by atoms with Gasteiger partial charge in [-0.25, -0.2) is 0 Å². The van der Waals surface area contributed by atoms with Crippen molar-refractivity contribution in [1.82, 2.24) is 4.90 Å². The minimum Gasteiger partial charge on any atom is -0.508 e. The Balaban J connectivity index is 2.24. The average Bonchev–Trinajstić information content (AvgIpc) is 2.39. The predicted molar refractivity (Wildman–Crippen MR) is 81.5 cm³/mol. The largest absolute Gasteiger partial charge is 0.508 e. The number of rotatable bonds is 3. The molecule has 1 aromatic carbocycles. The maximum absolute atomic E-state index is 11.9. The van der Waals surface area contributed by atoms with Crippen molar-refractivity contribution >= 4 is 29.1 Å². The molecule has 0 aliphatic carbocycles. The monoisotopic (exact) mass is 313 g/mol. The number of carbonyl (C=O) groups is 1.